The van der Waals surface area contributed by atoms with Gasteiger partial charge in [0.25, 0.3) is 0 Å². The van der Waals surface area contributed by atoms with Gasteiger partial charge in [0.05, 0.1) is 6.42 Å². The van der Waals surface area contributed by atoms with E-state index in [2.05, 4.69) is 0 Å². The summed E-state index contributed by atoms with van der Waals surface area (Å²) in [5.41, 5.74) is 1.72. The molecule has 1 atom stereocenters. The average molecular weight is 408 g/mol. The number of aromatic hydroxyl groups is 1. The summed E-state index contributed by atoms with van der Waals surface area (Å²) in [6.07, 6.45) is 5.52. The fraction of sp³-hybridized carbons (Fsp3) is 0.440. The number of benzene rings is 2. The largest absolute Gasteiger partial charge is 0.504 e. The van der Waals surface area contributed by atoms with E-state index < -0.39 is 5.97 Å². The maximum absolute atomic E-state index is 12.9. The Morgan fingerprint density at radius 2 is 1.83 bits per heavy atom. The quantitative estimate of drug-likeness (QED) is 0.595. The maximum Gasteiger partial charge on any atom is 0.308 e. The van der Waals surface area contributed by atoms with Gasteiger partial charge in [0.1, 0.15) is 0 Å². The Morgan fingerprint density at radius 3 is 2.53 bits per heavy atom. The lowest BCUT2D eigenvalue weighted by atomic mass is 9.68. The molecule has 158 valence electrons. The van der Waals surface area contributed by atoms with Crippen molar-refractivity contribution in [2.24, 2.45) is 5.92 Å². The Balaban J connectivity index is 1.55. The number of rotatable bonds is 5. The predicted octanol–water partition coefficient (Wildman–Crippen LogP) is 4.22. The van der Waals surface area contributed by atoms with Crippen molar-refractivity contribution in [3.05, 3.63) is 59.7 Å². The molecule has 5 nitrogen and oxygen atoms in total. The van der Waals surface area contributed by atoms with Crippen LogP contribution in [0.25, 0.3) is 0 Å². The summed E-state index contributed by atoms with van der Waals surface area (Å²) in [6, 6.07) is 15.3. The van der Waals surface area contributed by atoms with Crippen LogP contribution in [0.2, 0.25) is 0 Å². The van der Waals surface area contributed by atoms with Gasteiger partial charge in [0.2, 0.25) is 5.91 Å². The molecule has 1 saturated heterocycles. The number of phenolic OH excluding ortho intramolecular Hbond substituents is 1. The zero-order chi connectivity index (χ0) is 21.1. The van der Waals surface area contributed by atoms with E-state index in [0.717, 1.165) is 49.8 Å². The molecule has 1 saturated carbocycles. The van der Waals surface area contributed by atoms with Gasteiger partial charge in [-0.05, 0) is 36.8 Å². The molecule has 4 rings (SSSR count). The molecule has 0 aromatic heterocycles. The Kier molecular flexibility index (Phi) is 5.80. The van der Waals surface area contributed by atoms with Gasteiger partial charge >= 0.3 is 5.97 Å². The zero-order valence-corrected chi connectivity index (χ0v) is 17.5. The number of carbonyl (C=O) groups is 2. The van der Waals surface area contributed by atoms with E-state index in [4.69, 9.17) is 4.74 Å². The molecule has 0 radical (unpaired) electrons. The molecular formula is C25H29NO4. The molecular weight excluding hydrogens is 378 g/mol. The van der Waals surface area contributed by atoms with Crippen LogP contribution >= 0.6 is 0 Å². The zero-order valence-electron chi connectivity index (χ0n) is 17.5. The number of carbonyl (C=O) groups excluding carboxylic acids is 2. The highest BCUT2D eigenvalue weighted by molar-refractivity contribution is 5.79. The molecule has 1 amide bonds. The molecule has 5 heteroatoms. The minimum Gasteiger partial charge on any atom is -0.504 e. The third-order valence-corrected chi connectivity index (χ3v) is 6.81. The van der Waals surface area contributed by atoms with Gasteiger partial charge in [-0.25, -0.2) is 0 Å². The second-order valence-corrected chi connectivity index (χ2v) is 8.60. The minimum absolute atomic E-state index is 0.0728. The number of hydrogen-bond acceptors (Lipinski definition) is 4. The molecule has 1 heterocycles. The Labute approximate surface area is 177 Å². The number of nitrogens with zero attached hydrogens (tertiary/aromatic N) is 1. The van der Waals surface area contributed by atoms with Crippen molar-refractivity contribution in [1.29, 1.82) is 0 Å². The number of amides is 1. The Bertz CT molecular complexity index is 918. The molecule has 1 aliphatic heterocycles. The number of hydrogen-bond donors (Lipinski definition) is 1. The summed E-state index contributed by atoms with van der Waals surface area (Å²) in [6.45, 7) is 2.80. The highest BCUT2D eigenvalue weighted by Crippen LogP contribution is 2.53. The molecule has 30 heavy (non-hydrogen) atoms. The first-order chi connectivity index (χ1) is 14.5. The van der Waals surface area contributed by atoms with Crippen LogP contribution in [-0.2, 0) is 21.4 Å². The number of ether oxygens (including phenoxy) is 1. The standard InChI is InChI=1S/C25H29NO4/c1-18(27)30-22-11-7-10-21(24(22)29)25(13-5-6-14-25)20-12-15-26(17-20)23(28)16-19-8-3-2-4-9-19/h2-4,7-11,20,29H,5-6,12-17H2,1H3. The SMILES string of the molecule is CC(=O)Oc1cccc(C2(C3CCN(C(=O)Cc4ccccc4)C3)CCCC2)c1O. The van der Waals surface area contributed by atoms with Crippen molar-refractivity contribution in [1.82, 2.24) is 4.90 Å². The van der Waals surface area contributed by atoms with Crippen LogP contribution in [0.5, 0.6) is 11.5 Å². The van der Waals surface area contributed by atoms with Crippen LogP contribution in [0.3, 0.4) is 0 Å². The van der Waals surface area contributed by atoms with Crippen molar-refractivity contribution in [3.8, 4) is 11.5 Å². The summed E-state index contributed by atoms with van der Waals surface area (Å²) < 4.78 is 5.23. The molecule has 2 fully saturated rings. The molecule has 1 unspecified atom stereocenters. The fourth-order valence-electron chi connectivity index (χ4n) is 5.38. The lowest BCUT2D eigenvalue weighted by Crippen LogP contribution is -2.37. The van der Waals surface area contributed by atoms with Crippen LogP contribution in [0, 0.1) is 5.92 Å². The van der Waals surface area contributed by atoms with Crippen molar-refractivity contribution < 1.29 is 19.4 Å². The van der Waals surface area contributed by atoms with Gasteiger partial charge in [-0.2, -0.15) is 0 Å². The van der Waals surface area contributed by atoms with E-state index in [0.29, 0.717) is 18.9 Å². The maximum atomic E-state index is 12.9. The predicted molar refractivity (Wildman–Crippen MR) is 114 cm³/mol. The number of para-hydroxylation sites is 1. The fourth-order valence-corrected chi connectivity index (χ4v) is 5.38. The van der Waals surface area contributed by atoms with E-state index in [1.165, 1.54) is 6.92 Å². The van der Waals surface area contributed by atoms with Crippen molar-refractivity contribution in [2.45, 2.75) is 50.9 Å². The van der Waals surface area contributed by atoms with Gasteiger partial charge in [-0.1, -0.05) is 55.3 Å². The Morgan fingerprint density at radius 1 is 1.10 bits per heavy atom. The normalized spacial score (nSPS) is 20.3. The summed E-state index contributed by atoms with van der Waals surface area (Å²) in [5.74, 6) is 0.305. The van der Waals surface area contributed by atoms with Gasteiger partial charge in [0.15, 0.2) is 11.5 Å². The molecule has 2 aromatic carbocycles. The van der Waals surface area contributed by atoms with Crippen LogP contribution in [0.1, 0.15) is 50.2 Å². The molecule has 1 aliphatic carbocycles. The Hall–Kier alpha value is -2.82. The second-order valence-electron chi connectivity index (χ2n) is 8.60. The monoisotopic (exact) mass is 407 g/mol. The van der Waals surface area contributed by atoms with Crippen molar-refractivity contribution in [3.63, 3.8) is 0 Å². The van der Waals surface area contributed by atoms with Crippen LogP contribution in [-0.4, -0.2) is 35.0 Å². The first-order valence-corrected chi connectivity index (χ1v) is 10.8. The first-order valence-electron chi connectivity index (χ1n) is 10.8. The highest BCUT2D eigenvalue weighted by Gasteiger charge is 2.47. The molecule has 1 N–H and O–H groups in total. The molecule has 0 spiro atoms. The summed E-state index contributed by atoms with van der Waals surface area (Å²) in [7, 11) is 0. The van der Waals surface area contributed by atoms with E-state index in [1.807, 2.05) is 47.4 Å². The number of esters is 1. The van der Waals surface area contributed by atoms with E-state index >= 15 is 0 Å². The van der Waals surface area contributed by atoms with E-state index in [-0.39, 0.29) is 22.8 Å². The second kappa shape index (κ2) is 8.50. The lowest BCUT2D eigenvalue weighted by molar-refractivity contribution is -0.132. The van der Waals surface area contributed by atoms with Crippen LogP contribution < -0.4 is 4.74 Å². The van der Waals surface area contributed by atoms with Crippen LogP contribution in [0.4, 0.5) is 0 Å². The minimum atomic E-state index is -0.443. The topological polar surface area (TPSA) is 66.8 Å². The first kappa shape index (κ1) is 20.5. The average Bonchev–Trinajstić information content (AvgIpc) is 3.40. The van der Waals surface area contributed by atoms with Crippen molar-refractivity contribution in [2.75, 3.05) is 13.1 Å². The van der Waals surface area contributed by atoms with E-state index in [1.54, 1.807) is 6.07 Å². The summed E-state index contributed by atoms with van der Waals surface area (Å²) >= 11 is 0. The van der Waals surface area contributed by atoms with Gasteiger partial charge in [0, 0.05) is 31.0 Å². The van der Waals surface area contributed by atoms with Gasteiger partial charge in [-0.3, -0.25) is 9.59 Å². The molecule has 2 aliphatic rings. The third kappa shape index (κ3) is 3.93. The number of phenols is 1. The van der Waals surface area contributed by atoms with Gasteiger partial charge < -0.3 is 14.7 Å². The summed E-state index contributed by atoms with van der Waals surface area (Å²) in [4.78, 5) is 26.3. The lowest BCUT2D eigenvalue weighted by Gasteiger charge is -2.36. The molecule has 0 bridgehead atoms. The van der Waals surface area contributed by atoms with Gasteiger partial charge in [-0.15, -0.1) is 0 Å². The third-order valence-electron chi connectivity index (χ3n) is 6.81. The smallest absolute Gasteiger partial charge is 0.308 e. The number of likely N-dealkylation sites (tertiary alicyclic amines) is 1. The van der Waals surface area contributed by atoms with Crippen LogP contribution in [0.15, 0.2) is 48.5 Å². The highest BCUT2D eigenvalue weighted by atomic mass is 16.5. The van der Waals surface area contributed by atoms with E-state index in [9.17, 15) is 14.7 Å². The molecule has 2 aromatic rings. The summed E-state index contributed by atoms with van der Waals surface area (Å²) in [5, 5.41) is 10.9. The van der Waals surface area contributed by atoms with Crippen molar-refractivity contribution >= 4 is 11.9 Å².